The van der Waals surface area contributed by atoms with Crippen LogP contribution in [0.4, 0.5) is 5.95 Å². The third-order valence-electron chi connectivity index (χ3n) is 1.95. The number of imidazole rings is 1. The Bertz CT molecular complexity index is 280. The second kappa shape index (κ2) is 3.06. The molecule has 1 aromatic heterocycles. The molecule has 2 rings (SSSR count). The van der Waals surface area contributed by atoms with E-state index in [4.69, 9.17) is 10.5 Å². The summed E-state index contributed by atoms with van der Waals surface area (Å²) >= 11 is 3.26. The molecule has 0 amide bonds. The van der Waals surface area contributed by atoms with E-state index in [0.29, 0.717) is 5.95 Å². The molecular weight excluding hydrogens is 222 g/mol. The minimum absolute atomic E-state index is 0.0869. The summed E-state index contributed by atoms with van der Waals surface area (Å²) in [5.74, 6) is 0.508. The van der Waals surface area contributed by atoms with Crippen molar-refractivity contribution >= 4 is 21.9 Å². The molecule has 2 N–H and O–H groups in total. The first kappa shape index (κ1) is 8.07. The summed E-state index contributed by atoms with van der Waals surface area (Å²) in [6.45, 7) is 0.819. The number of aromatic nitrogens is 2. The maximum atomic E-state index is 5.66. The molecule has 0 spiro atoms. The monoisotopic (exact) mass is 231 g/mol. The average Bonchev–Trinajstić information content (AvgIpc) is 2.58. The van der Waals surface area contributed by atoms with Crippen LogP contribution in [-0.2, 0) is 4.74 Å². The second-order valence-corrected chi connectivity index (χ2v) is 3.61. The molecule has 12 heavy (non-hydrogen) atoms. The van der Waals surface area contributed by atoms with Crippen LogP contribution in [0.25, 0.3) is 0 Å². The quantitative estimate of drug-likeness (QED) is 0.798. The van der Waals surface area contributed by atoms with Crippen molar-refractivity contribution in [2.75, 3.05) is 12.3 Å². The first-order chi connectivity index (χ1) is 5.77. The van der Waals surface area contributed by atoms with E-state index >= 15 is 0 Å². The van der Waals surface area contributed by atoms with Gasteiger partial charge in [0.2, 0.25) is 5.95 Å². The fourth-order valence-electron chi connectivity index (χ4n) is 1.39. The molecule has 2 heterocycles. The van der Waals surface area contributed by atoms with Crippen LogP contribution in [0.5, 0.6) is 0 Å². The van der Waals surface area contributed by atoms with E-state index in [0.717, 1.165) is 24.1 Å². The van der Waals surface area contributed by atoms with Crippen LogP contribution < -0.4 is 5.73 Å². The van der Waals surface area contributed by atoms with Gasteiger partial charge in [0.05, 0.1) is 0 Å². The number of anilines is 1. The van der Waals surface area contributed by atoms with Gasteiger partial charge in [-0.25, -0.2) is 4.98 Å². The molecule has 4 nitrogen and oxygen atoms in total. The number of nitrogens with two attached hydrogens (primary N) is 1. The summed E-state index contributed by atoms with van der Waals surface area (Å²) in [5.41, 5.74) is 5.66. The zero-order chi connectivity index (χ0) is 8.55. The van der Waals surface area contributed by atoms with Crippen LogP contribution in [0.15, 0.2) is 10.8 Å². The summed E-state index contributed by atoms with van der Waals surface area (Å²) in [7, 11) is 0. The topological polar surface area (TPSA) is 53.1 Å². The lowest BCUT2D eigenvalue weighted by Gasteiger charge is -2.11. The molecule has 1 fully saturated rings. The van der Waals surface area contributed by atoms with Gasteiger partial charge in [-0.3, -0.25) is 4.57 Å². The van der Waals surface area contributed by atoms with Crippen molar-refractivity contribution in [3.8, 4) is 0 Å². The van der Waals surface area contributed by atoms with E-state index in [1.165, 1.54) is 0 Å². The molecule has 5 heteroatoms. The SMILES string of the molecule is Nc1nc(Br)cn1C1CCCO1. The van der Waals surface area contributed by atoms with E-state index in [9.17, 15) is 0 Å². The molecule has 1 atom stereocenters. The smallest absolute Gasteiger partial charge is 0.203 e. The van der Waals surface area contributed by atoms with Crippen molar-refractivity contribution < 1.29 is 4.74 Å². The Balaban J connectivity index is 2.25. The lowest BCUT2D eigenvalue weighted by atomic mass is 10.3. The van der Waals surface area contributed by atoms with Crippen molar-refractivity contribution in [1.29, 1.82) is 0 Å². The molecule has 1 aliphatic heterocycles. The fraction of sp³-hybridized carbons (Fsp3) is 0.571. The Morgan fingerprint density at radius 2 is 2.58 bits per heavy atom. The number of hydrogen-bond donors (Lipinski definition) is 1. The van der Waals surface area contributed by atoms with Gasteiger partial charge in [-0.2, -0.15) is 0 Å². The van der Waals surface area contributed by atoms with E-state index in [1.54, 1.807) is 0 Å². The maximum Gasteiger partial charge on any atom is 0.203 e. The van der Waals surface area contributed by atoms with E-state index in [1.807, 2.05) is 10.8 Å². The van der Waals surface area contributed by atoms with Crippen molar-refractivity contribution in [2.24, 2.45) is 0 Å². The maximum absolute atomic E-state index is 5.66. The van der Waals surface area contributed by atoms with Crippen LogP contribution in [0.1, 0.15) is 19.1 Å². The van der Waals surface area contributed by atoms with Gasteiger partial charge >= 0.3 is 0 Å². The largest absolute Gasteiger partial charge is 0.369 e. The predicted molar refractivity (Wildman–Crippen MR) is 48.6 cm³/mol. The number of rotatable bonds is 1. The van der Waals surface area contributed by atoms with Gasteiger partial charge in [-0.15, -0.1) is 0 Å². The summed E-state index contributed by atoms with van der Waals surface area (Å²) < 4.78 is 8.07. The molecule has 0 bridgehead atoms. The highest BCUT2D eigenvalue weighted by atomic mass is 79.9. The number of nitrogen functional groups attached to an aromatic ring is 1. The van der Waals surface area contributed by atoms with Crippen molar-refractivity contribution in [1.82, 2.24) is 9.55 Å². The van der Waals surface area contributed by atoms with Crippen LogP contribution in [-0.4, -0.2) is 16.2 Å². The Kier molecular flexibility index (Phi) is 2.06. The number of halogens is 1. The molecule has 0 saturated carbocycles. The molecule has 1 saturated heterocycles. The molecule has 1 unspecified atom stereocenters. The van der Waals surface area contributed by atoms with Crippen molar-refractivity contribution in [3.05, 3.63) is 10.8 Å². The van der Waals surface area contributed by atoms with E-state index < -0.39 is 0 Å². The minimum atomic E-state index is 0.0869. The summed E-state index contributed by atoms with van der Waals surface area (Å²) in [4.78, 5) is 4.03. The number of nitrogens with zero attached hydrogens (tertiary/aromatic N) is 2. The van der Waals surface area contributed by atoms with E-state index in [-0.39, 0.29) is 6.23 Å². The second-order valence-electron chi connectivity index (χ2n) is 2.80. The van der Waals surface area contributed by atoms with Gasteiger partial charge in [0.25, 0.3) is 0 Å². The summed E-state index contributed by atoms with van der Waals surface area (Å²) in [5, 5.41) is 0. The predicted octanol–water partition coefficient (Wildman–Crippen LogP) is 1.54. The van der Waals surface area contributed by atoms with Gasteiger partial charge in [-0.1, -0.05) is 0 Å². The molecular formula is C7H10BrN3O. The van der Waals surface area contributed by atoms with Gasteiger partial charge < -0.3 is 10.5 Å². The third-order valence-corrected chi connectivity index (χ3v) is 2.33. The normalized spacial score (nSPS) is 23.2. The summed E-state index contributed by atoms with van der Waals surface area (Å²) in [6, 6.07) is 0. The van der Waals surface area contributed by atoms with Gasteiger partial charge in [0.15, 0.2) is 0 Å². The Morgan fingerprint density at radius 3 is 3.08 bits per heavy atom. The molecule has 66 valence electrons. The van der Waals surface area contributed by atoms with Gasteiger partial charge in [0, 0.05) is 12.8 Å². The van der Waals surface area contributed by atoms with Crippen LogP contribution in [0, 0.1) is 0 Å². The summed E-state index contributed by atoms with van der Waals surface area (Å²) in [6.07, 6.45) is 4.06. The van der Waals surface area contributed by atoms with Gasteiger partial charge in [-0.05, 0) is 28.8 Å². The first-order valence-corrected chi connectivity index (χ1v) is 4.68. The molecule has 0 aliphatic carbocycles. The molecule has 1 aliphatic rings. The highest BCUT2D eigenvalue weighted by molar-refractivity contribution is 9.10. The first-order valence-electron chi connectivity index (χ1n) is 3.89. The molecule has 0 radical (unpaired) electrons. The average molecular weight is 232 g/mol. The zero-order valence-electron chi connectivity index (χ0n) is 6.53. The zero-order valence-corrected chi connectivity index (χ0v) is 8.12. The van der Waals surface area contributed by atoms with Crippen LogP contribution >= 0.6 is 15.9 Å². The highest BCUT2D eigenvalue weighted by Gasteiger charge is 2.19. The lowest BCUT2D eigenvalue weighted by Crippen LogP contribution is -2.09. The van der Waals surface area contributed by atoms with Gasteiger partial charge in [0.1, 0.15) is 10.8 Å². The lowest BCUT2D eigenvalue weighted by molar-refractivity contribution is 0.0582. The Morgan fingerprint density at radius 1 is 1.75 bits per heavy atom. The number of hydrogen-bond acceptors (Lipinski definition) is 3. The molecule has 0 aromatic carbocycles. The minimum Gasteiger partial charge on any atom is -0.369 e. The molecule has 1 aromatic rings. The van der Waals surface area contributed by atoms with E-state index in [2.05, 4.69) is 20.9 Å². The van der Waals surface area contributed by atoms with Crippen LogP contribution in [0.3, 0.4) is 0 Å². The fourth-order valence-corrected chi connectivity index (χ4v) is 1.79. The van der Waals surface area contributed by atoms with Crippen molar-refractivity contribution in [2.45, 2.75) is 19.1 Å². The Labute approximate surface area is 78.8 Å². The van der Waals surface area contributed by atoms with Crippen LogP contribution in [0.2, 0.25) is 0 Å². The standard InChI is InChI=1S/C7H10BrN3O/c8-5-4-11(7(9)10-5)6-2-1-3-12-6/h4,6H,1-3H2,(H2,9,10). The Hall–Kier alpha value is -0.550. The highest BCUT2D eigenvalue weighted by Crippen LogP contribution is 2.26. The van der Waals surface area contributed by atoms with Crippen molar-refractivity contribution in [3.63, 3.8) is 0 Å². The number of ether oxygens (including phenoxy) is 1. The third kappa shape index (κ3) is 1.34.